The van der Waals surface area contributed by atoms with Crippen molar-refractivity contribution >= 4 is 20.9 Å². The van der Waals surface area contributed by atoms with Crippen LogP contribution in [0.25, 0.3) is 11.0 Å². The van der Waals surface area contributed by atoms with Crippen LogP contribution >= 0.6 is 0 Å². The monoisotopic (exact) mass is 294 g/mol. The highest BCUT2D eigenvalue weighted by Gasteiger charge is 2.20. The predicted octanol–water partition coefficient (Wildman–Crippen LogP) is 2.25. The molecule has 1 saturated heterocycles. The molecule has 0 atom stereocenters. The summed E-state index contributed by atoms with van der Waals surface area (Å²) in [6, 6.07) is 5.09. The van der Waals surface area contributed by atoms with E-state index < -0.39 is 9.84 Å². The van der Waals surface area contributed by atoms with Crippen LogP contribution in [0.1, 0.15) is 31.5 Å². The fourth-order valence-corrected chi connectivity index (χ4v) is 3.44. The Balaban J connectivity index is 1.99. The van der Waals surface area contributed by atoms with Crippen molar-refractivity contribution in [1.29, 1.82) is 0 Å². The second-order valence-corrected chi connectivity index (χ2v) is 7.37. The molecule has 6 heteroatoms. The lowest BCUT2D eigenvalue weighted by molar-refractivity contribution is 0.0838. The van der Waals surface area contributed by atoms with Gasteiger partial charge >= 0.3 is 0 Å². The first kappa shape index (κ1) is 13.6. The van der Waals surface area contributed by atoms with E-state index in [0.29, 0.717) is 10.8 Å². The normalized spacial score (nSPS) is 17.6. The minimum Gasteiger partial charge on any atom is -0.381 e. The molecule has 1 aromatic carbocycles. The lowest BCUT2D eigenvalue weighted by Gasteiger charge is -2.19. The van der Waals surface area contributed by atoms with E-state index in [9.17, 15) is 8.42 Å². The molecule has 1 fully saturated rings. The Labute approximate surface area is 118 Å². The topological polar surface area (TPSA) is 72.1 Å². The van der Waals surface area contributed by atoms with Gasteiger partial charge in [-0.1, -0.05) is 6.92 Å². The molecule has 1 aliphatic rings. The number of rotatable bonds is 3. The van der Waals surface area contributed by atoms with Crippen LogP contribution in [0.15, 0.2) is 23.1 Å². The van der Waals surface area contributed by atoms with Crippen molar-refractivity contribution in [1.82, 2.24) is 9.97 Å². The predicted molar refractivity (Wildman–Crippen MR) is 76.6 cm³/mol. The van der Waals surface area contributed by atoms with Crippen molar-refractivity contribution < 1.29 is 13.2 Å². The fraction of sp³-hybridized carbons (Fsp3) is 0.500. The Hall–Kier alpha value is -1.40. The van der Waals surface area contributed by atoms with E-state index in [0.717, 1.165) is 42.9 Å². The number of benzene rings is 1. The quantitative estimate of drug-likeness (QED) is 0.942. The molecule has 0 bridgehead atoms. The van der Waals surface area contributed by atoms with Crippen molar-refractivity contribution in [2.75, 3.05) is 19.0 Å². The molecule has 0 saturated carbocycles. The van der Waals surface area contributed by atoms with E-state index in [2.05, 4.69) is 9.97 Å². The van der Waals surface area contributed by atoms with Crippen molar-refractivity contribution in [3.05, 3.63) is 24.0 Å². The number of fused-ring (bicyclic) bond motifs is 1. The molecule has 1 aromatic heterocycles. The first-order chi connectivity index (χ1) is 9.60. The zero-order valence-corrected chi connectivity index (χ0v) is 12.2. The highest BCUT2D eigenvalue weighted by Crippen LogP contribution is 2.27. The summed E-state index contributed by atoms with van der Waals surface area (Å²) in [5.41, 5.74) is 1.61. The molecule has 1 N–H and O–H groups in total. The number of nitrogens with one attached hydrogen (secondary N) is 1. The maximum Gasteiger partial charge on any atom is 0.178 e. The highest BCUT2D eigenvalue weighted by atomic mass is 32.2. The summed E-state index contributed by atoms with van der Waals surface area (Å²) in [7, 11) is -3.17. The van der Waals surface area contributed by atoms with Gasteiger partial charge in [-0.3, -0.25) is 0 Å². The molecular formula is C14H18N2O3S. The van der Waals surface area contributed by atoms with Crippen molar-refractivity contribution in [3.63, 3.8) is 0 Å². The van der Waals surface area contributed by atoms with E-state index in [4.69, 9.17) is 4.74 Å². The molecule has 0 radical (unpaired) electrons. The maximum atomic E-state index is 11.9. The number of ether oxygens (including phenoxy) is 1. The third-order valence-corrected chi connectivity index (χ3v) is 5.55. The SMILES string of the molecule is CCS(=O)(=O)c1ccc2nc(C3CCOCC3)[nH]c2c1. The summed E-state index contributed by atoms with van der Waals surface area (Å²) in [4.78, 5) is 8.21. The fourth-order valence-electron chi connectivity index (χ4n) is 2.53. The standard InChI is InChI=1S/C14H18N2O3S/c1-2-20(17,18)11-3-4-12-13(9-11)16-14(15-12)10-5-7-19-8-6-10/h3-4,9-10H,2,5-8H2,1H3,(H,15,16). The minimum absolute atomic E-state index is 0.111. The Bertz CT molecular complexity index is 715. The van der Waals surface area contributed by atoms with E-state index in [1.807, 2.05) is 0 Å². The molecule has 0 unspecified atom stereocenters. The average Bonchev–Trinajstić information content (AvgIpc) is 2.91. The average molecular weight is 294 g/mol. The molecule has 20 heavy (non-hydrogen) atoms. The van der Waals surface area contributed by atoms with Gasteiger partial charge in [0, 0.05) is 19.1 Å². The van der Waals surface area contributed by atoms with E-state index in [1.165, 1.54) is 0 Å². The molecule has 108 valence electrons. The smallest absolute Gasteiger partial charge is 0.178 e. The van der Waals surface area contributed by atoms with Gasteiger partial charge in [-0.05, 0) is 31.0 Å². The van der Waals surface area contributed by atoms with Gasteiger partial charge in [0.2, 0.25) is 0 Å². The molecule has 2 aromatic rings. The van der Waals surface area contributed by atoms with Crippen LogP contribution in [0, 0.1) is 0 Å². The van der Waals surface area contributed by atoms with Crippen LogP contribution in [0.2, 0.25) is 0 Å². The summed E-state index contributed by atoms with van der Waals surface area (Å²) < 4.78 is 29.2. The molecular weight excluding hydrogens is 276 g/mol. The van der Waals surface area contributed by atoms with Gasteiger partial charge in [0.1, 0.15) is 5.82 Å². The number of nitrogens with zero attached hydrogens (tertiary/aromatic N) is 1. The Morgan fingerprint density at radius 3 is 2.80 bits per heavy atom. The maximum absolute atomic E-state index is 11.9. The molecule has 1 aliphatic heterocycles. The number of H-pyrrole nitrogens is 1. The molecule has 2 heterocycles. The van der Waals surface area contributed by atoms with Crippen molar-refractivity contribution in [3.8, 4) is 0 Å². The van der Waals surface area contributed by atoms with Crippen LogP contribution in [0.3, 0.4) is 0 Å². The number of hydrogen-bond donors (Lipinski definition) is 1. The van der Waals surface area contributed by atoms with E-state index in [1.54, 1.807) is 25.1 Å². The first-order valence-corrected chi connectivity index (χ1v) is 8.55. The number of sulfone groups is 1. The summed E-state index contributed by atoms with van der Waals surface area (Å²) in [5.74, 6) is 1.43. The minimum atomic E-state index is -3.17. The number of hydrogen-bond acceptors (Lipinski definition) is 4. The summed E-state index contributed by atoms with van der Waals surface area (Å²) >= 11 is 0. The molecule has 0 aliphatic carbocycles. The largest absolute Gasteiger partial charge is 0.381 e. The number of imidazole rings is 1. The van der Waals surface area contributed by atoms with Gasteiger partial charge in [0.05, 0.1) is 21.7 Å². The Morgan fingerprint density at radius 1 is 1.35 bits per heavy atom. The number of aromatic nitrogens is 2. The Kier molecular flexibility index (Phi) is 3.52. The van der Waals surface area contributed by atoms with Crippen LogP contribution in [-0.4, -0.2) is 37.4 Å². The van der Waals surface area contributed by atoms with Crippen molar-refractivity contribution in [2.45, 2.75) is 30.6 Å². The molecule has 0 spiro atoms. The second kappa shape index (κ2) is 5.18. The number of aromatic amines is 1. The summed E-state index contributed by atoms with van der Waals surface area (Å²) in [6.07, 6.45) is 1.92. The van der Waals surface area contributed by atoms with Gasteiger partial charge < -0.3 is 9.72 Å². The third kappa shape index (κ3) is 2.45. The third-order valence-electron chi connectivity index (χ3n) is 3.82. The lowest BCUT2D eigenvalue weighted by atomic mass is 10.00. The second-order valence-electron chi connectivity index (χ2n) is 5.09. The first-order valence-electron chi connectivity index (χ1n) is 6.90. The van der Waals surface area contributed by atoms with Crippen LogP contribution in [0.4, 0.5) is 0 Å². The Morgan fingerprint density at radius 2 is 2.10 bits per heavy atom. The van der Waals surface area contributed by atoms with E-state index in [-0.39, 0.29) is 5.75 Å². The zero-order valence-electron chi connectivity index (χ0n) is 11.4. The van der Waals surface area contributed by atoms with Gasteiger partial charge in [0.25, 0.3) is 0 Å². The van der Waals surface area contributed by atoms with Crippen LogP contribution in [0.5, 0.6) is 0 Å². The summed E-state index contributed by atoms with van der Waals surface area (Å²) in [6.45, 7) is 3.17. The highest BCUT2D eigenvalue weighted by molar-refractivity contribution is 7.91. The molecule has 3 rings (SSSR count). The van der Waals surface area contributed by atoms with Gasteiger partial charge in [-0.25, -0.2) is 13.4 Å². The van der Waals surface area contributed by atoms with Crippen LogP contribution in [-0.2, 0) is 14.6 Å². The molecule has 5 nitrogen and oxygen atoms in total. The van der Waals surface area contributed by atoms with Crippen molar-refractivity contribution in [2.24, 2.45) is 0 Å². The van der Waals surface area contributed by atoms with Gasteiger partial charge in [-0.2, -0.15) is 0 Å². The van der Waals surface area contributed by atoms with Gasteiger partial charge in [-0.15, -0.1) is 0 Å². The van der Waals surface area contributed by atoms with Crippen LogP contribution < -0.4 is 0 Å². The molecule has 0 amide bonds. The van der Waals surface area contributed by atoms with E-state index >= 15 is 0 Å². The van der Waals surface area contributed by atoms with Gasteiger partial charge in [0.15, 0.2) is 9.84 Å². The zero-order chi connectivity index (χ0) is 14.2. The lowest BCUT2D eigenvalue weighted by Crippen LogP contribution is -2.15. The summed E-state index contributed by atoms with van der Waals surface area (Å²) in [5, 5.41) is 0.